The molecule has 0 aliphatic carbocycles. The van der Waals surface area contributed by atoms with Crippen molar-refractivity contribution in [1.29, 1.82) is 0 Å². The lowest BCUT2D eigenvalue weighted by Crippen LogP contribution is -2.18. The largest absolute Gasteiger partial charge is 0.756 e. The van der Waals surface area contributed by atoms with Crippen LogP contribution in [0.5, 0.6) is 0 Å². The molecular formula is C6H12NO2-. The maximum atomic E-state index is 10.5. The SMILES string of the molecule is CCCCC(=O)N(C)[O-]. The zero-order valence-corrected chi connectivity index (χ0v) is 5.89. The molecule has 0 saturated heterocycles. The van der Waals surface area contributed by atoms with Gasteiger partial charge in [0.25, 0.3) is 0 Å². The van der Waals surface area contributed by atoms with E-state index in [1.54, 1.807) is 0 Å². The van der Waals surface area contributed by atoms with Crippen LogP contribution in [-0.4, -0.2) is 18.0 Å². The zero-order valence-electron chi connectivity index (χ0n) is 5.89. The average Bonchev–Trinajstić information content (AvgIpc) is 1.82. The van der Waals surface area contributed by atoms with Crippen LogP contribution in [0, 0.1) is 5.21 Å². The molecule has 0 atom stereocenters. The van der Waals surface area contributed by atoms with Crippen LogP contribution in [0.15, 0.2) is 0 Å². The number of carbonyl (C=O) groups is 1. The van der Waals surface area contributed by atoms with E-state index in [0.29, 0.717) is 11.5 Å². The summed E-state index contributed by atoms with van der Waals surface area (Å²) in [7, 11) is 1.23. The first-order valence-corrected chi connectivity index (χ1v) is 3.12. The first kappa shape index (κ1) is 8.43. The van der Waals surface area contributed by atoms with E-state index in [-0.39, 0.29) is 5.91 Å². The second-order valence-corrected chi connectivity index (χ2v) is 1.99. The number of hydrogen-bond donors (Lipinski definition) is 0. The van der Waals surface area contributed by atoms with Crippen LogP contribution < -0.4 is 0 Å². The van der Waals surface area contributed by atoms with Crippen LogP contribution in [0.2, 0.25) is 0 Å². The van der Waals surface area contributed by atoms with Crippen molar-refractivity contribution in [3.8, 4) is 0 Å². The molecule has 54 valence electrons. The van der Waals surface area contributed by atoms with Crippen molar-refractivity contribution >= 4 is 5.91 Å². The predicted octanol–water partition coefficient (Wildman–Crippen LogP) is 1.13. The van der Waals surface area contributed by atoms with Gasteiger partial charge in [-0.3, -0.25) is 4.79 Å². The molecule has 0 N–H and O–H groups in total. The van der Waals surface area contributed by atoms with Gasteiger partial charge in [0.2, 0.25) is 5.91 Å². The summed E-state index contributed by atoms with van der Waals surface area (Å²) in [6, 6.07) is 0. The minimum absolute atomic E-state index is 0.322. The van der Waals surface area contributed by atoms with Crippen LogP contribution in [0.1, 0.15) is 26.2 Å². The highest BCUT2D eigenvalue weighted by molar-refractivity contribution is 5.76. The molecule has 0 aliphatic rings. The van der Waals surface area contributed by atoms with Crippen molar-refractivity contribution in [3.05, 3.63) is 5.21 Å². The van der Waals surface area contributed by atoms with Gasteiger partial charge in [-0.1, -0.05) is 13.3 Å². The second-order valence-electron chi connectivity index (χ2n) is 1.99. The molecule has 0 spiro atoms. The van der Waals surface area contributed by atoms with Gasteiger partial charge < -0.3 is 10.3 Å². The van der Waals surface area contributed by atoms with Crippen molar-refractivity contribution in [2.45, 2.75) is 26.2 Å². The van der Waals surface area contributed by atoms with Gasteiger partial charge in [0.1, 0.15) is 0 Å². The summed E-state index contributed by atoms with van der Waals surface area (Å²) in [5.41, 5.74) is 0. The Labute approximate surface area is 55.2 Å². The summed E-state index contributed by atoms with van der Waals surface area (Å²) in [5, 5.41) is 10.6. The molecule has 0 aromatic heterocycles. The van der Waals surface area contributed by atoms with E-state index >= 15 is 0 Å². The first-order valence-electron chi connectivity index (χ1n) is 3.12. The van der Waals surface area contributed by atoms with Crippen LogP contribution >= 0.6 is 0 Å². The third kappa shape index (κ3) is 3.97. The van der Waals surface area contributed by atoms with Gasteiger partial charge in [-0.05, 0) is 13.5 Å². The fourth-order valence-corrected chi connectivity index (χ4v) is 0.485. The van der Waals surface area contributed by atoms with E-state index in [1.165, 1.54) is 7.05 Å². The summed E-state index contributed by atoms with van der Waals surface area (Å²) in [6.45, 7) is 1.98. The molecule has 1 amide bonds. The molecule has 0 bridgehead atoms. The standard InChI is InChI=1S/C6H12NO2/c1-3-4-5-6(8)7(2)9/h3-5H2,1-2H3/q-1. The van der Waals surface area contributed by atoms with Gasteiger partial charge in [0, 0.05) is 6.42 Å². The molecule has 3 heteroatoms. The van der Waals surface area contributed by atoms with Gasteiger partial charge in [-0.15, -0.1) is 0 Å². The van der Waals surface area contributed by atoms with E-state index < -0.39 is 0 Å². The number of nitrogens with zero attached hydrogens (tertiary/aromatic N) is 1. The van der Waals surface area contributed by atoms with Gasteiger partial charge in [-0.25, -0.2) is 0 Å². The Morgan fingerprint density at radius 2 is 2.22 bits per heavy atom. The molecule has 9 heavy (non-hydrogen) atoms. The molecule has 0 heterocycles. The molecule has 0 rings (SSSR count). The number of unbranched alkanes of at least 4 members (excludes halogenated alkanes) is 1. The molecule has 0 aromatic rings. The molecular weight excluding hydrogens is 118 g/mol. The smallest absolute Gasteiger partial charge is 0.211 e. The first-order chi connectivity index (χ1) is 4.18. The minimum Gasteiger partial charge on any atom is -0.756 e. The molecule has 0 fully saturated rings. The highest BCUT2D eigenvalue weighted by atomic mass is 16.5. The molecule has 0 radical (unpaired) electrons. The van der Waals surface area contributed by atoms with Crippen molar-refractivity contribution in [3.63, 3.8) is 0 Å². The highest BCUT2D eigenvalue weighted by Gasteiger charge is 1.96. The normalized spacial score (nSPS) is 9.22. The lowest BCUT2D eigenvalue weighted by molar-refractivity contribution is -0.127. The summed E-state index contributed by atoms with van der Waals surface area (Å²) in [4.78, 5) is 10.5. The van der Waals surface area contributed by atoms with Crippen molar-refractivity contribution in [1.82, 2.24) is 5.06 Å². The van der Waals surface area contributed by atoms with E-state index in [9.17, 15) is 10.0 Å². The monoisotopic (exact) mass is 130 g/mol. The lowest BCUT2D eigenvalue weighted by Gasteiger charge is -2.21. The van der Waals surface area contributed by atoms with Crippen molar-refractivity contribution < 1.29 is 4.79 Å². The van der Waals surface area contributed by atoms with Crippen LogP contribution in [0.3, 0.4) is 0 Å². The van der Waals surface area contributed by atoms with E-state index in [0.717, 1.165) is 12.8 Å². The number of hydroxylamine groups is 2. The Balaban J connectivity index is 3.28. The molecule has 0 aromatic carbocycles. The van der Waals surface area contributed by atoms with Gasteiger partial charge in [0.05, 0.1) is 0 Å². The van der Waals surface area contributed by atoms with Gasteiger partial charge >= 0.3 is 0 Å². The number of rotatable bonds is 3. The average molecular weight is 130 g/mol. The molecule has 0 aliphatic heterocycles. The van der Waals surface area contributed by atoms with Gasteiger partial charge in [0.15, 0.2) is 0 Å². The van der Waals surface area contributed by atoms with Gasteiger partial charge in [-0.2, -0.15) is 0 Å². The number of hydrogen-bond acceptors (Lipinski definition) is 2. The fraction of sp³-hybridized carbons (Fsp3) is 0.833. The maximum Gasteiger partial charge on any atom is 0.211 e. The highest BCUT2D eigenvalue weighted by Crippen LogP contribution is 1.96. The Hall–Kier alpha value is -0.570. The third-order valence-corrected chi connectivity index (χ3v) is 1.10. The Morgan fingerprint density at radius 3 is 2.56 bits per heavy atom. The molecule has 3 nitrogen and oxygen atoms in total. The van der Waals surface area contributed by atoms with Crippen LogP contribution in [0.4, 0.5) is 0 Å². The fourth-order valence-electron chi connectivity index (χ4n) is 0.485. The van der Waals surface area contributed by atoms with Crippen LogP contribution in [-0.2, 0) is 4.79 Å². The molecule has 0 unspecified atom stereocenters. The summed E-state index contributed by atoms with van der Waals surface area (Å²) in [5.74, 6) is -0.322. The predicted molar refractivity (Wildman–Crippen MR) is 35.7 cm³/mol. The quantitative estimate of drug-likeness (QED) is 0.537. The second kappa shape index (κ2) is 4.32. The summed E-state index contributed by atoms with van der Waals surface area (Å²) >= 11 is 0. The summed E-state index contributed by atoms with van der Waals surface area (Å²) < 4.78 is 0. The third-order valence-electron chi connectivity index (χ3n) is 1.10. The minimum atomic E-state index is -0.322. The van der Waals surface area contributed by atoms with E-state index in [2.05, 4.69) is 0 Å². The number of carbonyl (C=O) groups excluding carboxylic acids is 1. The zero-order chi connectivity index (χ0) is 7.28. The van der Waals surface area contributed by atoms with Crippen LogP contribution in [0.25, 0.3) is 0 Å². The lowest BCUT2D eigenvalue weighted by atomic mass is 10.2. The van der Waals surface area contributed by atoms with E-state index in [4.69, 9.17) is 0 Å². The number of amides is 1. The summed E-state index contributed by atoms with van der Waals surface area (Å²) in [6.07, 6.45) is 2.15. The van der Waals surface area contributed by atoms with E-state index in [1.807, 2.05) is 6.92 Å². The Kier molecular flexibility index (Phi) is 4.05. The maximum absolute atomic E-state index is 10.5. The Morgan fingerprint density at radius 1 is 1.67 bits per heavy atom. The molecule has 0 saturated carbocycles. The Bertz CT molecular complexity index is 91.1. The van der Waals surface area contributed by atoms with Crippen molar-refractivity contribution in [2.75, 3.05) is 7.05 Å². The topological polar surface area (TPSA) is 43.4 Å². The van der Waals surface area contributed by atoms with Crippen molar-refractivity contribution in [2.24, 2.45) is 0 Å².